The average Bonchev–Trinajstić information content (AvgIpc) is 3.14. The first-order valence-electron chi connectivity index (χ1n) is 7.78. The van der Waals surface area contributed by atoms with Gasteiger partial charge in [-0.1, -0.05) is 50.6 Å². The van der Waals surface area contributed by atoms with Gasteiger partial charge in [-0.25, -0.2) is 0 Å². The van der Waals surface area contributed by atoms with E-state index in [1.807, 2.05) is 23.3 Å². The first-order chi connectivity index (χ1) is 9.69. The number of Topliss-reactive ketones (excluding diaryl/α,β-unsaturated/α-hetero) is 1. The van der Waals surface area contributed by atoms with Crippen LogP contribution in [0.5, 0.6) is 0 Å². The van der Waals surface area contributed by atoms with Gasteiger partial charge in [0.2, 0.25) is 0 Å². The van der Waals surface area contributed by atoms with Crippen LogP contribution in [0.2, 0.25) is 0 Å². The number of hydrogen-bond donors (Lipinski definition) is 0. The summed E-state index contributed by atoms with van der Waals surface area (Å²) in [7, 11) is 0. The smallest absolute Gasteiger partial charge is 0.191 e. The number of ketones is 1. The van der Waals surface area contributed by atoms with Crippen LogP contribution in [0, 0.1) is 0 Å². The van der Waals surface area contributed by atoms with E-state index in [1.54, 1.807) is 0 Å². The average molecular weight is 273 g/mol. The van der Waals surface area contributed by atoms with Gasteiger partial charge >= 0.3 is 0 Å². The third-order valence-electron chi connectivity index (χ3n) is 4.69. The van der Waals surface area contributed by atoms with Gasteiger partial charge in [0.05, 0.1) is 0 Å². The van der Waals surface area contributed by atoms with Gasteiger partial charge < -0.3 is 0 Å². The number of hydrogen-bond acceptors (Lipinski definition) is 3. The summed E-state index contributed by atoms with van der Waals surface area (Å²) in [6.45, 7) is 4.22. The summed E-state index contributed by atoms with van der Waals surface area (Å²) in [4.78, 5) is 18.6. The molecule has 2 fully saturated rings. The zero-order chi connectivity index (χ0) is 14.2. The third-order valence-corrected chi connectivity index (χ3v) is 4.69. The van der Waals surface area contributed by atoms with Crippen LogP contribution in [0.15, 0.2) is 30.3 Å². The molecule has 0 aliphatic carbocycles. The second kappa shape index (κ2) is 4.97. The van der Waals surface area contributed by atoms with Crippen molar-refractivity contribution in [2.24, 2.45) is 0 Å². The van der Waals surface area contributed by atoms with Crippen molar-refractivity contribution in [1.29, 1.82) is 0 Å². The predicted octanol–water partition coefficient (Wildman–Crippen LogP) is 3.79. The molecule has 3 rings (SSSR count). The van der Waals surface area contributed by atoms with E-state index < -0.39 is 0 Å². The summed E-state index contributed by atoms with van der Waals surface area (Å²) < 4.78 is 0. The maximum absolute atomic E-state index is 12.6. The van der Waals surface area contributed by atoms with Crippen molar-refractivity contribution < 1.29 is 9.63 Å². The van der Waals surface area contributed by atoms with Gasteiger partial charge in [-0.2, -0.15) is 0 Å². The molecular weight excluding hydrogens is 250 g/mol. The lowest BCUT2D eigenvalue weighted by atomic mass is 9.85. The molecule has 2 heterocycles. The quantitative estimate of drug-likeness (QED) is 0.739. The fourth-order valence-corrected chi connectivity index (χ4v) is 3.69. The minimum Gasteiger partial charge on any atom is -0.298 e. The summed E-state index contributed by atoms with van der Waals surface area (Å²) in [5.74, 6) is 0.358. The predicted molar refractivity (Wildman–Crippen MR) is 77.8 cm³/mol. The highest BCUT2D eigenvalue weighted by molar-refractivity contribution is 5.89. The summed E-state index contributed by atoms with van der Waals surface area (Å²) in [6, 6.07) is 10.3. The number of nitrogens with zero attached hydrogens (tertiary/aromatic N) is 1. The number of carbonyl (C=O) groups is 1. The molecule has 1 aromatic carbocycles. The number of carbonyl (C=O) groups excluding carboxylic acids is 1. The molecule has 0 radical (unpaired) electrons. The molecule has 0 saturated carbocycles. The van der Waals surface area contributed by atoms with Crippen LogP contribution in [0.25, 0.3) is 0 Å². The molecule has 108 valence electrons. The van der Waals surface area contributed by atoms with Crippen molar-refractivity contribution in [2.45, 2.75) is 63.6 Å². The topological polar surface area (TPSA) is 32.6 Å². The van der Waals surface area contributed by atoms with E-state index in [-0.39, 0.29) is 11.3 Å². The number of hydroxylamine groups is 2. The van der Waals surface area contributed by atoms with Crippen LogP contribution in [-0.4, -0.2) is 16.4 Å². The second-order valence-corrected chi connectivity index (χ2v) is 5.99. The number of benzene rings is 1. The minimum atomic E-state index is -0.374. The lowest BCUT2D eigenvalue weighted by molar-refractivity contribution is -0.132. The Bertz CT molecular complexity index is 501. The first kappa shape index (κ1) is 13.8. The van der Waals surface area contributed by atoms with Gasteiger partial charge in [0, 0.05) is 18.4 Å². The summed E-state index contributed by atoms with van der Waals surface area (Å²) in [6.07, 6.45) is 5.34. The third kappa shape index (κ3) is 1.84. The molecule has 1 aromatic rings. The zero-order valence-electron chi connectivity index (χ0n) is 12.4. The highest BCUT2D eigenvalue weighted by Gasteiger charge is 2.71. The Morgan fingerprint density at radius 1 is 1.20 bits per heavy atom. The fourth-order valence-electron chi connectivity index (χ4n) is 3.69. The molecule has 2 aliphatic rings. The molecule has 0 amide bonds. The molecule has 2 aliphatic heterocycles. The highest BCUT2D eigenvalue weighted by atomic mass is 16.9. The fraction of sp³-hybridized carbons (Fsp3) is 0.588. The van der Waals surface area contributed by atoms with Crippen molar-refractivity contribution in [3.8, 4) is 0 Å². The summed E-state index contributed by atoms with van der Waals surface area (Å²) in [5, 5.41) is 2.01. The normalized spacial score (nSPS) is 34.8. The van der Waals surface area contributed by atoms with Crippen molar-refractivity contribution >= 4 is 5.78 Å². The van der Waals surface area contributed by atoms with E-state index in [2.05, 4.69) is 26.0 Å². The van der Waals surface area contributed by atoms with Crippen molar-refractivity contribution in [2.75, 3.05) is 0 Å². The van der Waals surface area contributed by atoms with Gasteiger partial charge in [0.1, 0.15) is 5.54 Å². The lowest BCUT2D eigenvalue weighted by Crippen LogP contribution is -2.44. The van der Waals surface area contributed by atoms with E-state index in [0.717, 1.165) is 32.1 Å². The Kier molecular flexibility index (Phi) is 3.43. The number of rotatable bonds is 6. The summed E-state index contributed by atoms with van der Waals surface area (Å²) in [5.41, 5.74) is 0.489. The molecule has 0 bridgehead atoms. The second-order valence-electron chi connectivity index (χ2n) is 5.99. The Morgan fingerprint density at radius 3 is 2.55 bits per heavy atom. The molecule has 3 heteroatoms. The zero-order valence-corrected chi connectivity index (χ0v) is 12.4. The Balaban J connectivity index is 1.89. The van der Waals surface area contributed by atoms with Crippen LogP contribution >= 0.6 is 0 Å². The monoisotopic (exact) mass is 273 g/mol. The van der Waals surface area contributed by atoms with Crippen LogP contribution in [0.1, 0.15) is 57.9 Å². The molecule has 20 heavy (non-hydrogen) atoms. The first-order valence-corrected chi connectivity index (χ1v) is 7.78. The molecule has 0 aromatic heterocycles. The van der Waals surface area contributed by atoms with Gasteiger partial charge in [-0.05, 0) is 19.3 Å². The highest BCUT2D eigenvalue weighted by Crippen LogP contribution is 2.61. The van der Waals surface area contributed by atoms with E-state index >= 15 is 0 Å². The van der Waals surface area contributed by atoms with E-state index in [9.17, 15) is 4.79 Å². The SMILES string of the molecule is CCCC(=O)[C@]1(CCC)CC[C@@]2(c3ccccc3)ON12. The van der Waals surface area contributed by atoms with Crippen LogP contribution in [0.3, 0.4) is 0 Å². The van der Waals surface area contributed by atoms with Crippen molar-refractivity contribution in [3.05, 3.63) is 35.9 Å². The molecule has 0 spiro atoms. The molecule has 1 unspecified atom stereocenters. The Morgan fingerprint density at radius 2 is 1.95 bits per heavy atom. The van der Waals surface area contributed by atoms with Crippen molar-refractivity contribution in [3.63, 3.8) is 0 Å². The summed E-state index contributed by atoms with van der Waals surface area (Å²) >= 11 is 0. The van der Waals surface area contributed by atoms with E-state index in [1.165, 1.54) is 5.56 Å². The van der Waals surface area contributed by atoms with Gasteiger partial charge in [-0.15, -0.1) is 5.06 Å². The minimum absolute atomic E-state index is 0.320. The maximum Gasteiger partial charge on any atom is 0.191 e. The number of fused-ring (bicyclic) bond motifs is 1. The lowest BCUT2D eigenvalue weighted by Gasteiger charge is -2.27. The molecule has 3 atom stereocenters. The Hall–Kier alpha value is -1.19. The maximum atomic E-state index is 12.6. The van der Waals surface area contributed by atoms with Crippen LogP contribution in [-0.2, 0) is 15.4 Å². The standard InChI is InChI=1S/C17H23NO2/c1-3-8-15(19)16(11-4-2)12-13-17(18(16)20-17)14-9-6-5-7-10-14/h5-7,9-10H,3-4,8,11-13H2,1-2H3/t16-,17-,18?/m0/s1. The van der Waals surface area contributed by atoms with Crippen LogP contribution < -0.4 is 0 Å². The van der Waals surface area contributed by atoms with Gasteiger partial charge in [0.15, 0.2) is 11.5 Å². The molecule has 3 nitrogen and oxygen atoms in total. The molecule has 2 saturated heterocycles. The van der Waals surface area contributed by atoms with Gasteiger partial charge in [0.25, 0.3) is 0 Å². The largest absolute Gasteiger partial charge is 0.298 e. The molecule has 0 N–H and O–H groups in total. The van der Waals surface area contributed by atoms with Crippen molar-refractivity contribution in [1.82, 2.24) is 5.06 Å². The van der Waals surface area contributed by atoms with Crippen LogP contribution in [0.4, 0.5) is 0 Å². The molecular formula is C17H23NO2. The van der Waals surface area contributed by atoms with E-state index in [4.69, 9.17) is 4.84 Å². The Labute approximate surface area is 120 Å². The van der Waals surface area contributed by atoms with E-state index in [0.29, 0.717) is 12.2 Å². The van der Waals surface area contributed by atoms with Gasteiger partial charge in [-0.3, -0.25) is 9.63 Å².